The van der Waals surface area contributed by atoms with Crippen molar-refractivity contribution in [2.24, 2.45) is 0 Å². The van der Waals surface area contributed by atoms with E-state index in [1.807, 2.05) is 12.1 Å². The van der Waals surface area contributed by atoms with Gasteiger partial charge >= 0.3 is 0 Å². The SMILES string of the molecule is CC(=O)NCc1ccc([C@H]2COCCN2)o1. The van der Waals surface area contributed by atoms with Crippen LogP contribution in [0.1, 0.15) is 24.5 Å². The molecule has 1 aliphatic rings. The number of carbonyl (C=O) groups excluding carboxylic acids is 1. The molecule has 1 atom stereocenters. The van der Waals surface area contributed by atoms with E-state index in [1.54, 1.807) is 0 Å². The molecule has 5 nitrogen and oxygen atoms in total. The molecule has 1 aromatic heterocycles. The van der Waals surface area contributed by atoms with Crippen molar-refractivity contribution in [2.45, 2.75) is 19.5 Å². The zero-order chi connectivity index (χ0) is 11.4. The predicted molar refractivity (Wildman–Crippen MR) is 57.8 cm³/mol. The third kappa shape index (κ3) is 2.84. The van der Waals surface area contributed by atoms with Gasteiger partial charge in [0.05, 0.1) is 25.8 Å². The number of furan rings is 1. The largest absolute Gasteiger partial charge is 0.462 e. The molecule has 0 saturated carbocycles. The number of hydrogen-bond donors (Lipinski definition) is 2. The molecule has 1 amide bonds. The van der Waals surface area contributed by atoms with Crippen LogP contribution in [-0.4, -0.2) is 25.7 Å². The summed E-state index contributed by atoms with van der Waals surface area (Å²) in [6.45, 7) is 4.14. The molecular weight excluding hydrogens is 208 g/mol. The summed E-state index contributed by atoms with van der Waals surface area (Å²) in [7, 11) is 0. The lowest BCUT2D eigenvalue weighted by molar-refractivity contribution is -0.119. The fourth-order valence-electron chi connectivity index (χ4n) is 1.64. The predicted octanol–water partition coefficient (Wildman–Crippen LogP) is 0.577. The van der Waals surface area contributed by atoms with Crippen molar-refractivity contribution in [1.82, 2.24) is 10.6 Å². The number of ether oxygens (including phenoxy) is 1. The maximum Gasteiger partial charge on any atom is 0.217 e. The molecule has 0 spiro atoms. The Morgan fingerprint density at radius 2 is 2.50 bits per heavy atom. The van der Waals surface area contributed by atoms with Crippen molar-refractivity contribution in [1.29, 1.82) is 0 Å². The zero-order valence-corrected chi connectivity index (χ0v) is 9.29. The molecule has 2 N–H and O–H groups in total. The lowest BCUT2D eigenvalue weighted by Crippen LogP contribution is -2.34. The molecule has 1 saturated heterocycles. The molecular formula is C11H16N2O3. The van der Waals surface area contributed by atoms with Crippen LogP contribution in [0.15, 0.2) is 16.5 Å². The first-order chi connectivity index (χ1) is 7.75. The van der Waals surface area contributed by atoms with Crippen molar-refractivity contribution in [3.05, 3.63) is 23.7 Å². The highest BCUT2D eigenvalue weighted by molar-refractivity contribution is 5.72. The lowest BCUT2D eigenvalue weighted by Gasteiger charge is -2.21. The lowest BCUT2D eigenvalue weighted by atomic mass is 10.2. The van der Waals surface area contributed by atoms with Crippen LogP contribution in [0.4, 0.5) is 0 Å². The Morgan fingerprint density at radius 1 is 1.62 bits per heavy atom. The van der Waals surface area contributed by atoms with Crippen LogP contribution in [-0.2, 0) is 16.1 Å². The summed E-state index contributed by atoms with van der Waals surface area (Å²) in [4.78, 5) is 10.7. The highest BCUT2D eigenvalue weighted by Gasteiger charge is 2.18. The van der Waals surface area contributed by atoms with Gasteiger partial charge in [-0.3, -0.25) is 4.79 Å². The van der Waals surface area contributed by atoms with Crippen molar-refractivity contribution in [2.75, 3.05) is 19.8 Å². The fourth-order valence-corrected chi connectivity index (χ4v) is 1.64. The average molecular weight is 224 g/mol. The van der Waals surface area contributed by atoms with Crippen LogP contribution in [0.3, 0.4) is 0 Å². The van der Waals surface area contributed by atoms with E-state index in [1.165, 1.54) is 6.92 Å². The van der Waals surface area contributed by atoms with Gasteiger partial charge in [0, 0.05) is 13.5 Å². The molecule has 88 valence electrons. The molecule has 0 radical (unpaired) electrons. The maximum atomic E-state index is 10.7. The highest BCUT2D eigenvalue weighted by Crippen LogP contribution is 2.18. The van der Waals surface area contributed by atoms with Gasteiger partial charge in [0.2, 0.25) is 5.91 Å². The second kappa shape index (κ2) is 5.14. The van der Waals surface area contributed by atoms with E-state index in [0.717, 1.165) is 24.7 Å². The second-order valence-electron chi connectivity index (χ2n) is 3.80. The van der Waals surface area contributed by atoms with Gasteiger partial charge in [-0.05, 0) is 12.1 Å². The van der Waals surface area contributed by atoms with Crippen molar-refractivity contribution >= 4 is 5.91 Å². The summed E-state index contributed by atoms with van der Waals surface area (Å²) in [6, 6.07) is 3.92. The molecule has 0 aliphatic carbocycles. The van der Waals surface area contributed by atoms with Crippen LogP contribution < -0.4 is 10.6 Å². The first kappa shape index (κ1) is 11.2. The van der Waals surface area contributed by atoms with Gasteiger partial charge in [-0.25, -0.2) is 0 Å². The Morgan fingerprint density at radius 3 is 3.19 bits per heavy atom. The van der Waals surface area contributed by atoms with E-state index >= 15 is 0 Å². The highest BCUT2D eigenvalue weighted by atomic mass is 16.5. The Kier molecular flexibility index (Phi) is 3.58. The number of hydrogen-bond acceptors (Lipinski definition) is 4. The van der Waals surface area contributed by atoms with E-state index in [4.69, 9.17) is 9.15 Å². The van der Waals surface area contributed by atoms with Gasteiger partial charge in [-0.15, -0.1) is 0 Å². The fraction of sp³-hybridized carbons (Fsp3) is 0.545. The summed E-state index contributed by atoms with van der Waals surface area (Å²) in [5.74, 6) is 1.56. The van der Waals surface area contributed by atoms with Crippen LogP contribution >= 0.6 is 0 Å². The van der Waals surface area contributed by atoms with Crippen molar-refractivity contribution in [3.8, 4) is 0 Å². The quantitative estimate of drug-likeness (QED) is 0.788. The van der Waals surface area contributed by atoms with E-state index in [2.05, 4.69) is 10.6 Å². The van der Waals surface area contributed by atoms with Crippen LogP contribution in [0, 0.1) is 0 Å². The summed E-state index contributed by atoms with van der Waals surface area (Å²) >= 11 is 0. The zero-order valence-electron chi connectivity index (χ0n) is 9.29. The summed E-state index contributed by atoms with van der Waals surface area (Å²) in [6.07, 6.45) is 0. The van der Waals surface area contributed by atoms with Gasteiger partial charge in [-0.2, -0.15) is 0 Å². The number of nitrogens with one attached hydrogen (secondary N) is 2. The molecule has 1 aromatic rings. The summed E-state index contributed by atoms with van der Waals surface area (Å²) < 4.78 is 11.0. The van der Waals surface area contributed by atoms with Gasteiger partial charge in [0.15, 0.2) is 0 Å². The Labute approximate surface area is 94.1 Å². The molecule has 16 heavy (non-hydrogen) atoms. The molecule has 2 rings (SSSR count). The normalized spacial score (nSPS) is 20.7. The van der Waals surface area contributed by atoms with E-state index < -0.39 is 0 Å². The minimum atomic E-state index is -0.0583. The molecule has 0 unspecified atom stereocenters. The molecule has 5 heteroatoms. The minimum Gasteiger partial charge on any atom is -0.462 e. The monoisotopic (exact) mass is 224 g/mol. The van der Waals surface area contributed by atoms with Crippen molar-refractivity contribution in [3.63, 3.8) is 0 Å². The third-order valence-corrected chi connectivity index (χ3v) is 2.46. The molecule has 1 fully saturated rings. The number of morpholine rings is 1. The number of rotatable bonds is 3. The standard InChI is InChI=1S/C11H16N2O3/c1-8(14)13-6-9-2-3-11(16-9)10-7-15-5-4-12-10/h2-3,10,12H,4-7H2,1H3,(H,13,14)/t10-/m1/s1. The molecule has 0 bridgehead atoms. The Bertz CT molecular complexity index is 356. The van der Waals surface area contributed by atoms with Crippen LogP contribution in [0.25, 0.3) is 0 Å². The average Bonchev–Trinajstić information content (AvgIpc) is 2.76. The maximum absolute atomic E-state index is 10.7. The minimum absolute atomic E-state index is 0.0583. The second-order valence-corrected chi connectivity index (χ2v) is 3.80. The summed E-state index contributed by atoms with van der Waals surface area (Å²) in [5, 5.41) is 6.00. The van der Waals surface area contributed by atoms with Gasteiger partial charge in [0.25, 0.3) is 0 Å². The topological polar surface area (TPSA) is 63.5 Å². The Balaban J connectivity index is 1.93. The third-order valence-electron chi connectivity index (χ3n) is 2.46. The van der Waals surface area contributed by atoms with Gasteiger partial charge < -0.3 is 19.8 Å². The molecule has 2 heterocycles. The smallest absolute Gasteiger partial charge is 0.217 e. The van der Waals surface area contributed by atoms with Gasteiger partial charge in [-0.1, -0.05) is 0 Å². The first-order valence-electron chi connectivity index (χ1n) is 5.40. The van der Waals surface area contributed by atoms with Crippen molar-refractivity contribution < 1.29 is 13.9 Å². The van der Waals surface area contributed by atoms with E-state index in [-0.39, 0.29) is 11.9 Å². The Hall–Kier alpha value is -1.33. The van der Waals surface area contributed by atoms with E-state index in [9.17, 15) is 4.79 Å². The van der Waals surface area contributed by atoms with E-state index in [0.29, 0.717) is 13.2 Å². The van der Waals surface area contributed by atoms with Gasteiger partial charge in [0.1, 0.15) is 11.5 Å². The summed E-state index contributed by atoms with van der Waals surface area (Å²) in [5.41, 5.74) is 0. The molecule has 0 aromatic carbocycles. The molecule has 1 aliphatic heterocycles. The first-order valence-corrected chi connectivity index (χ1v) is 5.40. The number of amides is 1. The number of carbonyl (C=O) groups is 1. The van der Waals surface area contributed by atoms with Crippen LogP contribution in [0.2, 0.25) is 0 Å². The van der Waals surface area contributed by atoms with Crippen LogP contribution in [0.5, 0.6) is 0 Å².